The Morgan fingerprint density at radius 2 is 1.59 bits per heavy atom. The van der Waals surface area contributed by atoms with Gasteiger partial charge in [-0.1, -0.05) is 26.8 Å². The quantitative estimate of drug-likeness (QED) is 0.711. The summed E-state index contributed by atoms with van der Waals surface area (Å²) in [5.74, 6) is 1.19. The fourth-order valence-corrected chi connectivity index (χ4v) is 6.41. The third kappa shape index (κ3) is 2.13. The monoisotopic (exact) mass is 306 g/mol. The predicted octanol–water partition coefficient (Wildman–Crippen LogP) is 4.71. The molecule has 2 aliphatic carbocycles. The van der Waals surface area contributed by atoms with Crippen LogP contribution in [0.4, 0.5) is 0 Å². The van der Waals surface area contributed by atoms with Gasteiger partial charge in [-0.25, -0.2) is 0 Å². The number of hydrogen-bond donors (Lipinski definition) is 1. The molecule has 126 valence electrons. The van der Waals surface area contributed by atoms with Crippen molar-refractivity contribution in [1.29, 1.82) is 0 Å². The van der Waals surface area contributed by atoms with Gasteiger partial charge in [0.2, 0.25) is 0 Å². The predicted molar refractivity (Wildman–Crippen MR) is 90.7 cm³/mol. The minimum Gasteiger partial charge on any atom is -0.393 e. The molecule has 0 aromatic rings. The van der Waals surface area contributed by atoms with E-state index >= 15 is 0 Å². The van der Waals surface area contributed by atoms with Crippen molar-refractivity contribution in [3.8, 4) is 0 Å². The Hall–Kier alpha value is -0.340. The average Bonchev–Trinajstić information content (AvgIpc) is 2.42. The number of aliphatic hydroxyl groups is 1. The third-order valence-corrected chi connectivity index (χ3v) is 7.80. The van der Waals surface area contributed by atoms with E-state index in [0.717, 1.165) is 25.7 Å². The largest absolute Gasteiger partial charge is 0.393 e. The highest BCUT2D eigenvalue weighted by molar-refractivity contribution is 5.13. The van der Waals surface area contributed by atoms with Crippen molar-refractivity contribution < 1.29 is 9.84 Å². The van der Waals surface area contributed by atoms with Crippen LogP contribution >= 0.6 is 0 Å². The fraction of sp³-hybridized carbons (Fsp3) is 0.900. The highest BCUT2D eigenvalue weighted by atomic mass is 16.5. The first-order valence-corrected chi connectivity index (χ1v) is 9.09. The molecular formula is C20H34O2. The maximum atomic E-state index is 10.5. The molecule has 1 heterocycles. The second kappa shape index (κ2) is 4.83. The van der Waals surface area contributed by atoms with Crippen molar-refractivity contribution >= 4 is 0 Å². The molecule has 0 radical (unpaired) electrons. The molecule has 6 atom stereocenters. The summed E-state index contributed by atoms with van der Waals surface area (Å²) >= 11 is 0. The minimum absolute atomic E-state index is 0.0213. The Kier molecular flexibility index (Phi) is 3.63. The molecule has 0 aromatic carbocycles. The lowest BCUT2D eigenvalue weighted by Gasteiger charge is -2.65. The third-order valence-electron chi connectivity index (χ3n) is 7.80. The van der Waals surface area contributed by atoms with E-state index in [1.807, 2.05) is 6.08 Å². The molecule has 2 heteroatoms. The normalized spacial score (nSPS) is 54.2. The van der Waals surface area contributed by atoms with Crippen molar-refractivity contribution in [3.05, 3.63) is 12.7 Å². The summed E-state index contributed by atoms with van der Waals surface area (Å²) in [7, 11) is 0. The number of hydrogen-bond acceptors (Lipinski definition) is 2. The molecule has 2 nitrogen and oxygen atoms in total. The molecule has 3 fully saturated rings. The molecule has 1 N–H and O–H groups in total. The van der Waals surface area contributed by atoms with Crippen molar-refractivity contribution in [2.24, 2.45) is 22.7 Å². The van der Waals surface area contributed by atoms with Gasteiger partial charge in [0.25, 0.3) is 0 Å². The summed E-state index contributed by atoms with van der Waals surface area (Å²) in [4.78, 5) is 0. The van der Waals surface area contributed by atoms with E-state index in [0.29, 0.717) is 11.8 Å². The SMILES string of the molecule is C=C[C@]1(C)CC[C@@H]2[C@@]3(C)CC[C@H](O)C(C)(C)[C@@H]3CC[C@@]2(C)O1. The second-order valence-electron chi connectivity index (χ2n) is 9.50. The molecule has 0 bridgehead atoms. The van der Waals surface area contributed by atoms with Gasteiger partial charge in [0.05, 0.1) is 17.3 Å². The summed E-state index contributed by atoms with van der Waals surface area (Å²) in [5.41, 5.74) is 0.106. The zero-order valence-corrected chi connectivity index (χ0v) is 15.1. The molecule has 0 aromatic heterocycles. The summed E-state index contributed by atoms with van der Waals surface area (Å²) in [6.45, 7) is 15.5. The first-order valence-electron chi connectivity index (χ1n) is 9.09. The van der Waals surface area contributed by atoms with E-state index in [9.17, 15) is 5.11 Å². The van der Waals surface area contributed by atoms with E-state index < -0.39 is 0 Å². The molecule has 0 amide bonds. The van der Waals surface area contributed by atoms with E-state index in [1.165, 1.54) is 12.8 Å². The van der Waals surface area contributed by atoms with Crippen LogP contribution in [0.15, 0.2) is 12.7 Å². The van der Waals surface area contributed by atoms with Gasteiger partial charge in [0.15, 0.2) is 0 Å². The lowest BCUT2D eigenvalue weighted by Crippen LogP contribution is -2.64. The van der Waals surface area contributed by atoms with Crippen LogP contribution in [-0.2, 0) is 4.74 Å². The van der Waals surface area contributed by atoms with E-state index in [-0.39, 0.29) is 28.1 Å². The number of ether oxygens (including phenoxy) is 1. The molecule has 1 aliphatic heterocycles. The summed E-state index contributed by atoms with van der Waals surface area (Å²) in [5, 5.41) is 10.5. The summed E-state index contributed by atoms with van der Waals surface area (Å²) in [6.07, 6.45) is 8.48. The molecule has 3 rings (SSSR count). The first-order chi connectivity index (χ1) is 10.1. The van der Waals surface area contributed by atoms with E-state index in [1.54, 1.807) is 0 Å². The molecule has 2 saturated carbocycles. The van der Waals surface area contributed by atoms with Crippen LogP contribution in [0.2, 0.25) is 0 Å². The lowest BCUT2D eigenvalue weighted by atomic mass is 9.44. The standard InChI is InChI=1S/C20H34O2/c1-7-18(4)11-8-15-19(5)12-10-16(21)17(2,3)14(19)9-13-20(15,6)22-18/h7,14-16,21H,1,8-13H2,2-6H3/t14-,15+,16-,18+,19-,20+/m0/s1. The van der Waals surface area contributed by atoms with Gasteiger partial charge in [0.1, 0.15) is 0 Å². The number of fused-ring (bicyclic) bond motifs is 3. The van der Waals surface area contributed by atoms with Crippen LogP contribution in [0.1, 0.15) is 73.1 Å². The Morgan fingerprint density at radius 1 is 0.955 bits per heavy atom. The van der Waals surface area contributed by atoms with Crippen LogP contribution in [0.5, 0.6) is 0 Å². The van der Waals surface area contributed by atoms with Gasteiger partial charge >= 0.3 is 0 Å². The molecule has 0 unspecified atom stereocenters. The van der Waals surface area contributed by atoms with Crippen molar-refractivity contribution in [2.75, 3.05) is 0 Å². The smallest absolute Gasteiger partial charge is 0.0839 e. The number of rotatable bonds is 1. The zero-order valence-electron chi connectivity index (χ0n) is 15.1. The Balaban J connectivity index is 1.95. The van der Waals surface area contributed by atoms with Crippen molar-refractivity contribution in [1.82, 2.24) is 0 Å². The van der Waals surface area contributed by atoms with E-state index in [2.05, 4.69) is 41.2 Å². The molecular weight excluding hydrogens is 272 g/mol. The first kappa shape index (κ1) is 16.5. The second-order valence-corrected chi connectivity index (χ2v) is 9.50. The van der Waals surface area contributed by atoms with Crippen molar-refractivity contribution in [3.63, 3.8) is 0 Å². The Morgan fingerprint density at radius 3 is 2.23 bits per heavy atom. The van der Waals surface area contributed by atoms with Crippen LogP contribution in [0.25, 0.3) is 0 Å². The fourth-order valence-electron chi connectivity index (χ4n) is 6.41. The van der Waals surface area contributed by atoms with Crippen molar-refractivity contribution in [2.45, 2.75) is 90.4 Å². The summed E-state index contributed by atoms with van der Waals surface area (Å²) in [6, 6.07) is 0. The minimum atomic E-state index is -0.169. The van der Waals surface area contributed by atoms with Crippen LogP contribution < -0.4 is 0 Å². The average molecular weight is 306 g/mol. The molecule has 3 aliphatic rings. The summed E-state index contributed by atoms with van der Waals surface area (Å²) < 4.78 is 6.64. The maximum Gasteiger partial charge on any atom is 0.0839 e. The van der Waals surface area contributed by atoms with Gasteiger partial charge in [-0.3, -0.25) is 0 Å². The van der Waals surface area contributed by atoms with Gasteiger partial charge in [-0.05, 0) is 75.0 Å². The van der Waals surface area contributed by atoms with Gasteiger partial charge < -0.3 is 9.84 Å². The van der Waals surface area contributed by atoms with E-state index in [4.69, 9.17) is 4.74 Å². The molecule has 0 spiro atoms. The van der Waals surface area contributed by atoms with Gasteiger partial charge in [-0.15, -0.1) is 6.58 Å². The van der Waals surface area contributed by atoms with Gasteiger partial charge in [-0.2, -0.15) is 0 Å². The molecule has 22 heavy (non-hydrogen) atoms. The lowest BCUT2D eigenvalue weighted by molar-refractivity contribution is -0.262. The Labute approximate surface area is 136 Å². The Bertz CT molecular complexity index is 470. The van der Waals surface area contributed by atoms with Crippen LogP contribution in [0.3, 0.4) is 0 Å². The van der Waals surface area contributed by atoms with Gasteiger partial charge in [0, 0.05) is 0 Å². The topological polar surface area (TPSA) is 29.5 Å². The number of aliphatic hydroxyl groups excluding tert-OH is 1. The highest BCUT2D eigenvalue weighted by Crippen LogP contribution is 2.65. The van der Waals surface area contributed by atoms with Crippen LogP contribution in [-0.4, -0.2) is 22.4 Å². The molecule has 1 saturated heterocycles. The highest BCUT2D eigenvalue weighted by Gasteiger charge is 2.62. The maximum absolute atomic E-state index is 10.5. The van der Waals surface area contributed by atoms with Crippen LogP contribution in [0, 0.1) is 22.7 Å². The zero-order chi connectivity index (χ0) is 16.4.